The number of rotatable bonds is 11. The van der Waals surface area contributed by atoms with Crippen LogP contribution in [0.3, 0.4) is 0 Å². The molecule has 0 aromatic rings. The van der Waals surface area contributed by atoms with Gasteiger partial charge in [0.2, 0.25) is 5.91 Å². The lowest BCUT2D eigenvalue weighted by Gasteiger charge is -2.51. The van der Waals surface area contributed by atoms with Crippen molar-refractivity contribution in [2.24, 2.45) is 23.1 Å². The van der Waals surface area contributed by atoms with Gasteiger partial charge in [-0.05, 0) is 45.9 Å². The Morgan fingerprint density at radius 3 is 2.61 bits per heavy atom. The second kappa shape index (κ2) is 13.9. The van der Waals surface area contributed by atoms with E-state index in [-0.39, 0.29) is 44.6 Å². The minimum Gasteiger partial charge on any atom is -0.492 e. The highest BCUT2D eigenvalue weighted by molar-refractivity contribution is 5.80. The maximum atomic E-state index is 12.8. The molecule has 14 N–H and O–H groups in total. The zero-order chi connectivity index (χ0) is 29.9. The maximum absolute atomic E-state index is 12.8. The number of ether oxygens (including phenoxy) is 3. The van der Waals surface area contributed by atoms with E-state index in [0.29, 0.717) is 12.2 Å². The molecule has 2 saturated heterocycles. The first kappa shape index (κ1) is 32.4. The van der Waals surface area contributed by atoms with E-state index >= 15 is 0 Å². The van der Waals surface area contributed by atoms with Crippen LogP contribution in [0.15, 0.2) is 11.8 Å². The van der Waals surface area contributed by atoms with E-state index < -0.39 is 72.4 Å². The van der Waals surface area contributed by atoms with Crippen LogP contribution < -0.4 is 38.5 Å². The lowest BCUT2D eigenvalue weighted by Crippen LogP contribution is -2.70. The van der Waals surface area contributed by atoms with Gasteiger partial charge in [0.1, 0.15) is 35.8 Å². The molecular weight excluding hydrogens is 538 g/mol. The lowest BCUT2D eigenvalue weighted by atomic mass is 9.72. The average Bonchev–Trinajstić information content (AvgIpc) is 2.90. The largest absolute Gasteiger partial charge is 0.492 e. The van der Waals surface area contributed by atoms with Crippen LogP contribution in [-0.4, -0.2) is 139 Å². The third kappa shape index (κ3) is 7.20. The summed E-state index contributed by atoms with van der Waals surface area (Å²) >= 11 is 0. The molecule has 3 heterocycles. The monoisotopic (exact) mass is 587 g/mol. The maximum Gasteiger partial charge on any atom is 0.249 e. The number of likely N-dealkylation sites (N-methyl/N-ethyl adjacent to an activating group) is 1. The average molecular weight is 588 g/mol. The van der Waals surface area contributed by atoms with Gasteiger partial charge in [0.25, 0.3) is 0 Å². The Morgan fingerprint density at radius 2 is 2.00 bits per heavy atom. The highest BCUT2D eigenvalue weighted by Gasteiger charge is 2.54. The van der Waals surface area contributed by atoms with Gasteiger partial charge in [-0.15, -0.1) is 0 Å². The predicted octanol–water partition coefficient (Wildman–Crippen LogP) is -5.11. The molecule has 0 bridgehead atoms. The van der Waals surface area contributed by atoms with Crippen molar-refractivity contribution in [1.29, 1.82) is 0 Å². The Bertz CT molecular complexity index is 909. The molecule has 0 spiro atoms. The Balaban J connectivity index is 1.60. The predicted molar refractivity (Wildman–Crippen MR) is 148 cm³/mol. The molecule has 12 atom stereocenters. The van der Waals surface area contributed by atoms with E-state index in [9.17, 15) is 25.2 Å². The third-order valence-electron chi connectivity index (χ3n) is 8.75. The summed E-state index contributed by atoms with van der Waals surface area (Å²) < 4.78 is 18.2. The highest BCUT2D eigenvalue weighted by Crippen LogP contribution is 2.37. The zero-order valence-corrected chi connectivity index (χ0v) is 23.8. The number of aliphatic hydroxyl groups excluding tert-OH is 3. The molecule has 1 unspecified atom stereocenters. The Labute approximate surface area is 240 Å². The number of carbonyl (C=O) groups excluding carboxylic acids is 1. The van der Waals surface area contributed by atoms with Gasteiger partial charge in [0.05, 0.1) is 31.3 Å². The fourth-order valence-corrected chi connectivity index (χ4v) is 6.39. The molecule has 15 heteroatoms. The number of nitrogens with one attached hydrogen (secondary N) is 4. The van der Waals surface area contributed by atoms with Gasteiger partial charge < -0.3 is 73.1 Å². The van der Waals surface area contributed by atoms with Crippen molar-refractivity contribution in [3.63, 3.8) is 0 Å². The number of hydrogen-bond donors (Lipinski definition) is 11. The van der Waals surface area contributed by atoms with Crippen molar-refractivity contribution < 1.29 is 39.4 Å². The lowest BCUT2D eigenvalue weighted by molar-refractivity contribution is -0.297. The van der Waals surface area contributed by atoms with Crippen molar-refractivity contribution >= 4 is 5.91 Å². The first-order valence-corrected chi connectivity index (χ1v) is 14.5. The molecular formula is C26H49N7O8. The number of carbonyl (C=O) groups is 1. The van der Waals surface area contributed by atoms with Gasteiger partial charge in [-0.3, -0.25) is 4.79 Å². The molecule has 0 radical (unpaired) electrons. The summed E-state index contributed by atoms with van der Waals surface area (Å²) in [5.74, 6) is -0.721. The summed E-state index contributed by atoms with van der Waals surface area (Å²) in [6, 6.07) is -2.17. The number of aliphatic hydroxyl groups is 4. The molecule has 1 aliphatic carbocycles. The van der Waals surface area contributed by atoms with Crippen LogP contribution in [0.25, 0.3) is 0 Å². The Morgan fingerprint density at radius 1 is 1.27 bits per heavy atom. The normalized spacial score (nSPS) is 42.5. The fraction of sp³-hybridized carbons (Fsp3) is 0.885. The van der Waals surface area contributed by atoms with Gasteiger partial charge in [0.15, 0.2) is 6.29 Å². The van der Waals surface area contributed by atoms with Crippen LogP contribution in [0.4, 0.5) is 0 Å². The fourth-order valence-electron chi connectivity index (χ4n) is 6.39. The van der Waals surface area contributed by atoms with Gasteiger partial charge in [-0.2, -0.15) is 0 Å². The topological polar surface area (TPSA) is 252 Å². The molecule has 3 fully saturated rings. The molecule has 0 aromatic heterocycles. The van der Waals surface area contributed by atoms with Crippen LogP contribution in [-0.2, 0) is 19.0 Å². The van der Waals surface area contributed by atoms with Gasteiger partial charge >= 0.3 is 0 Å². The van der Waals surface area contributed by atoms with Gasteiger partial charge in [0, 0.05) is 37.1 Å². The SMILES string of the molecule is CN[C@@H]1[C@@H](O)[C@@H](O[C@H]2[C@H](NC(=O)[C@@H](O)CCN)C[C@H](N)C([C@H]3OC(CN)=CC[C@H]3NC3CNC3)[C@@H]2O)OC[C@]1(C)O. The van der Waals surface area contributed by atoms with E-state index in [1.807, 2.05) is 6.08 Å². The van der Waals surface area contributed by atoms with Crippen LogP contribution in [0.2, 0.25) is 0 Å². The molecule has 236 valence electrons. The molecule has 1 amide bonds. The van der Waals surface area contributed by atoms with E-state index in [2.05, 4.69) is 21.3 Å². The van der Waals surface area contributed by atoms with Crippen LogP contribution in [0.5, 0.6) is 0 Å². The molecule has 3 aliphatic heterocycles. The minimum absolute atomic E-state index is 0.0537. The van der Waals surface area contributed by atoms with E-state index in [4.69, 9.17) is 31.4 Å². The van der Waals surface area contributed by atoms with E-state index in [0.717, 1.165) is 13.1 Å². The van der Waals surface area contributed by atoms with Crippen molar-refractivity contribution in [2.75, 3.05) is 39.8 Å². The van der Waals surface area contributed by atoms with Crippen molar-refractivity contribution in [1.82, 2.24) is 21.3 Å². The summed E-state index contributed by atoms with van der Waals surface area (Å²) in [6.07, 6.45) is -4.02. The van der Waals surface area contributed by atoms with E-state index in [1.54, 1.807) is 7.05 Å². The summed E-state index contributed by atoms with van der Waals surface area (Å²) in [5, 5.41) is 56.3. The second-order valence-electron chi connectivity index (χ2n) is 11.9. The van der Waals surface area contributed by atoms with E-state index in [1.165, 1.54) is 6.92 Å². The molecule has 4 aliphatic rings. The van der Waals surface area contributed by atoms with Crippen LogP contribution >= 0.6 is 0 Å². The smallest absolute Gasteiger partial charge is 0.249 e. The molecule has 0 aromatic carbocycles. The molecule has 4 rings (SSSR count). The number of nitrogens with two attached hydrogens (primary N) is 3. The van der Waals surface area contributed by atoms with Crippen molar-refractivity contribution in [2.45, 2.75) is 98.8 Å². The summed E-state index contributed by atoms with van der Waals surface area (Å²) in [7, 11) is 1.60. The summed E-state index contributed by atoms with van der Waals surface area (Å²) in [4.78, 5) is 12.8. The zero-order valence-electron chi connectivity index (χ0n) is 23.8. The first-order chi connectivity index (χ1) is 19.5. The molecule has 1 saturated carbocycles. The van der Waals surface area contributed by atoms with Crippen molar-refractivity contribution in [3.05, 3.63) is 11.8 Å². The third-order valence-corrected chi connectivity index (χ3v) is 8.75. The van der Waals surface area contributed by atoms with Crippen LogP contribution in [0.1, 0.15) is 26.2 Å². The second-order valence-corrected chi connectivity index (χ2v) is 11.9. The summed E-state index contributed by atoms with van der Waals surface area (Å²) in [6.45, 7) is 3.32. The minimum atomic E-state index is -1.37. The number of amides is 1. The first-order valence-electron chi connectivity index (χ1n) is 14.5. The summed E-state index contributed by atoms with van der Waals surface area (Å²) in [5.41, 5.74) is 16.7. The Hall–Kier alpha value is -1.47. The highest BCUT2D eigenvalue weighted by atomic mass is 16.7. The molecule has 15 nitrogen and oxygen atoms in total. The van der Waals surface area contributed by atoms with Gasteiger partial charge in [-0.1, -0.05) is 0 Å². The Kier molecular flexibility index (Phi) is 11.0. The molecule has 41 heavy (non-hydrogen) atoms. The quantitative estimate of drug-likeness (QED) is 0.108. The van der Waals surface area contributed by atoms with Crippen molar-refractivity contribution in [3.8, 4) is 0 Å². The van der Waals surface area contributed by atoms with Crippen LogP contribution in [0, 0.1) is 5.92 Å². The standard InChI is InChI=1S/C26H49N7O8/c1-26(38)11-39-25(20(36)23(26)30-2)41-22-16(33-24(37)17(34)5-6-27)7-14(29)18(19(22)35)21-15(32-12-9-31-10-12)4-3-13(8-28)40-21/h3,12,14-23,25,30-32,34-36,38H,4-11,27-29H2,1-2H3,(H,33,37)/t14-,15+,16+,17-,18?,19-,20+,21-,22-,23+,25+,26-/m0/s1. The number of hydrogen-bond acceptors (Lipinski definition) is 14. The van der Waals surface area contributed by atoms with Gasteiger partial charge in [-0.25, -0.2) is 0 Å².